The van der Waals surface area contributed by atoms with Gasteiger partial charge >= 0.3 is 6.09 Å². The maximum atomic E-state index is 12.2. The molecule has 3 N–H and O–H groups in total. The van der Waals surface area contributed by atoms with E-state index in [0.717, 1.165) is 16.3 Å². The molecule has 1 aromatic heterocycles. The minimum Gasteiger partial charge on any atom is -0.465 e. The van der Waals surface area contributed by atoms with Crippen LogP contribution in [0.1, 0.15) is 25.1 Å². The summed E-state index contributed by atoms with van der Waals surface area (Å²) in [7, 11) is 0. The average Bonchev–Trinajstić information content (AvgIpc) is 2.58. The Balaban J connectivity index is 1.98. The highest BCUT2D eigenvalue weighted by atomic mass is 32.2. The molecule has 0 saturated heterocycles. The number of carbonyl (C=O) groups is 2. The molecule has 2 aromatic rings. The molecule has 0 atom stereocenters. The van der Waals surface area contributed by atoms with Crippen LogP contribution in [0.15, 0.2) is 53.6 Å². The van der Waals surface area contributed by atoms with Crippen LogP contribution in [0.3, 0.4) is 0 Å². The summed E-state index contributed by atoms with van der Waals surface area (Å²) in [6.45, 7) is 3.27. The molecular formula is C18H21N3O3S. The molecule has 25 heavy (non-hydrogen) atoms. The van der Waals surface area contributed by atoms with Crippen molar-refractivity contribution in [3.8, 4) is 0 Å². The summed E-state index contributed by atoms with van der Waals surface area (Å²) in [5, 5.41) is 13.7. The third kappa shape index (κ3) is 5.79. The molecule has 0 aliphatic heterocycles. The van der Waals surface area contributed by atoms with Gasteiger partial charge in [0.15, 0.2) is 0 Å². The second-order valence-electron chi connectivity index (χ2n) is 5.96. The van der Waals surface area contributed by atoms with Crippen molar-refractivity contribution in [2.45, 2.75) is 36.6 Å². The fraction of sp³-hybridized carbons (Fsp3) is 0.278. The van der Waals surface area contributed by atoms with Crippen molar-refractivity contribution in [1.29, 1.82) is 0 Å². The Kier molecular flexibility index (Phi) is 6.41. The first-order chi connectivity index (χ1) is 11.9. The van der Waals surface area contributed by atoms with E-state index in [1.165, 1.54) is 19.4 Å². The fourth-order valence-corrected chi connectivity index (χ4v) is 3.11. The van der Waals surface area contributed by atoms with Crippen molar-refractivity contribution >= 4 is 23.8 Å². The molecule has 0 unspecified atom stereocenters. The number of thioether (sulfide) groups is 1. The van der Waals surface area contributed by atoms with Gasteiger partial charge in [-0.05, 0) is 31.5 Å². The topological polar surface area (TPSA) is 91.3 Å². The second kappa shape index (κ2) is 8.53. The summed E-state index contributed by atoms with van der Waals surface area (Å²) in [5.74, 6) is 0.402. The molecule has 0 bridgehead atoms. The normalized spacial score (nSPS) is 11.0. The molecule has 2 rings (SSSR count). The number of benzene rings is 1. The van der Waals surface area contributed by atoms with E-state index in [4.69, 9.17) is 5.11 Å². The summed E-state index contributed by atoms with van der Waals surface area (Å²) in [6, 6.07) is 13.9. The molecule has 0 radical (unpaired) electrons. The second-order valence-corrected chi connectivity index (χ2v) is 6.98. The van der Waals surface area contributed by atoms with Crippen molar-refractivity contribution in [3.05, 3.63) is 59.9 Å². The van der Waals surface area contributed by atoms with E-state index in [-0.39, 0.29) is 6.54 Å². The van der Waals surface area contributed by atoms with Gasteiger partial charge in [-0.1, -0.05) is 30.3 Å². The van der Waals surface area contributed by atoms with Crippen molar-refractivity contribution in [2.75, 3.05) is 0 Å². The molecule has 7 heteroatoms. The first-order valence-electron chi connectivity index (χ1n) is 7.78. The molecule has 1 aromatic carbocycles. The van der Waals surface area contributed by atoms with Crippen molar-refractivity contribution < 1.29 is 14.7 Å². The van der Waals surface area contributed by atoms with Gasteiger partial charge in [0.1, 0.15) is 5.54 Å². The van der Waals surface area contributed by atoms with E-state index < -0.39 is 17.5 Å². The van der Waals surface area contributed by atoms with Crippen LogP contribution >= 0.6 is 11.8 Å². The molecule has 0 spiro atoms. The standard InChI is InChI=1S/C18H21N3O3S/c1-18(2,21-17(23)24)16(22)20-11-14-15(9-6-10-19-14)25-12-13-7-4-3-5-8-13/h3-10,21H,11-12H2,1-2H3,(H,20,22)(H,23,24). The quantitative estimate of drug-likeness (QED) is 0.661. The lowest BCUT2D eigenvalue weighted by atomic mass is 10.1. The third-order valence-corrected chi connectivity index (χ3v) is 4.65. The van der Waals surface area contributed by atoms with E-state index in [0.29, 0.717) is 0 Å². The van der Waals surface area contributed by atoms with E-state index in [2.05, 4.69) is 27.8 Å². The summed E-state index contributed by atoms with van der Waals surface area (Å²) in [4.78, 5) is 28.3. The van der Waals surface area contributed by atoms with Gasteiger partial charge in [-0.3, -0.25) is 9.78 Å². The zero-order valence-electron chi connectivity index (χ0n) is 14.2. The number of nitrogens with zero attached hydrogens (tertiary/aromatic N) is 1. The van der Waals surface area contributed by atoms with Gasteiger partial charge in [-0.15, -0.1) is 11.8 Å². The number of aromatic nitrogens is 1. The SMILES string of the molecule is CC(C)(NC(=O)O)C(=O)NCc1ncccc1SCc1ccccc1. The predicted octanol–water partition coefficient (Wildman–Crippen LogP) is 3.04. The maximum absolute atomic E-state index is 12.2. The Morgan fingerprint density at radius 1 is 1.16 bits per heavy atom. The van der Waals surface area contributed by atoms with E-state index >= 15 is 0 Å². The first-order valence-corrected chi connectivity index (χ1v) is 8.77. The average molecular weight is 359 g/mol. The summed E-state index contributed by atoms with van der Waals surface area (Å²) >= 11 is 1.65. The smallest absolute Gasteiger partial charge is 0.405 e. The van der Waals surface area contributed by atoms with Crippen molar-refractivity contribution in [2.24, 2.45) is 0 Å². The zero-order chi connectivity index (χ0) is 18.3. The van der Waals surface area contributed by atoms with E-state index in [1.54, 1.807) is 18.0 Å². The molecule has 132 valence electrons. The number of amides is 2. The number of hydrogen-bond donors (Lipinski definition) is 3. The monoisotopic (exact) mass is 359 g/mol. The van der Waals surface area contributed by atoms with Crippen LogP contribution in [0.2, 0.25) is 0 Å². The lowest BCUT2D eigenvalue weighted by Gasteiger charge is -2.23. The van der Waals surface area contributed by atoms with Gasteiger partial charge < -0.3 is 15.7 Å². The molecule has 6 nitrogen and oxygen atoms in total. The van der Waals surface area contributed by atoms with Crippen LogP contribution in [0, 0.1) is 0 Å². The summed E-state index contributed by atoms with van der Waals surface area (Å²) < 4.78 is 0. The largest absolute Gasteiger partial charge is 0.465 e. The Labute approximate surface area is 151 Å². The molecular weight excluding hydrogens is 338 g/mol. The molecule has 1 heterocycles. The van der Waals surface area contributed by atoms with Gasteiger partial charge in [0.2, 0.25) is 5.91 Å². The molecule has 0 fully saturated rings. The lowest BCUT2D eigenvalue weighted by molar-refractivity contribution is -0.126. The number of hydrogen-bond acceptors (Lipinski definition) is 4. The van der Waals surface area contributed by atoms with Crippen molar-refractivity contribution in [3.63, 3.8) is 0 Å². The van der Waals surface area contributed by atoms with Crippen LogP contribution in [-0.4, -0.2) is 27.6 Å². The Morgan fingerprint density at radius 3 is 2.56 bits per heavy atom. The van der Waals surface area contributed by atoms with Gasteiger partial charge in [0.25, 0.3) is 0 Å². The lowest BCUT2D eigenvalue weighted by Crippen LogP contribution is -2.54. The highest BCUT2D eigenvalue weighted by Crippen LogP contribution is 2.25. The Morgan fingerprint density at radius 2 is 1.88 bits per heavy atom. The number of carbonyl (C=O) groups excluding carboxylic acids is 1. The molecule has 0 aliphatic rings. The van der Waals surface area contributed by atoms with E-state index in [1.807, 2.05) is 30.3 Å². The van der Waals surface area contributed by atoms with Crippen LogP contribution < -0.4 is 10.6 Å². The van der Waals surface area contributed by atoms with Crippen LogP contribution in [0.5, 0.6) is 0 Å². The van der Waals surface area contributed by atoms with Crippen molar-refractivity contribution in [1.82, 2.24) is 15.6 Å². The third-order valence-electron chi connectivity index (χ3n) is 3.49. The Bertz CT molecular complexity index is 735. The van der Waals surface area contributed by atoms with Crippen LogP contribution in [-0.2, 0) is 17.1 Å². The molecule has 0 aliphatic carbocycles. The van der Waals surface area contributed by atoms with Crippen LogP contribution in [0.25, 0.3) is 0 Å². The highest BCUT2D eigenvalue weighted by Gasteiger charge is 2.29. The first kappa shape index (κ1) is 18.8. The number of carboxylic acid groups (broad SMARTS) is 1. The van der Waals surface area contributed by atoms with Gasteiger partial charge in [0.05, 0.1) is 12.2 Å². The number of rotatable bonds is 7. The maximum Gasteiger partial charge on any atom is 0.405 e. The Hall–Kier alpha value is -2.54. The van der Waals surface area contributed by atoms with Crippen LogP contribution in [0.4, 0.5) is 4.79 Å². The minimum absolute atomic E-state index is 0.238. The highest BCUT2D eigenvalue weighted by molar-refractivity contribution is 7.98. The zero-order valence-corrected chi connectivity index (χ0v) is 15.0. The molecule has 0 saturated carbocycles. The van der Waals surface area contributed by atoms with Gasteiger partial charge in [0, 0.05) is 16.8 Å². The van der Waals surface area contributed by atoms with E-state index in [9.17, 15) is 9.59 Å². The number of pyridine rings is 1. The fourth-order valence-electron chi connectivity index (χ4n) is 2.13. The van der Waals surface area contributed by atoms with Gasteiger partial charge in [-0.2, -0.15) is 0 Å². The predicted molar refractivity (Wildman–Crippen MR) is 97.3 cm³/mol. The minimum atomic E-state index is -1.24. The molecule has 2 amide bonds. The van der Waals surface area contributed by atoms with Gasteiger partial charge in [-0.25, -0.2) is 4.79 Å². The summed E-state index contributed by atoms with van der Waals surface area (Å²) in [5.41, 5.74) is 0.749. The number of nitrogens with one attached hydrogen (secondary N) is 2. The summed E-state index contributed by atoms with van der Waals surface area (Å²) in [6.07, 6.45) is 0.437.